The highest BCUT2D eigenvalue weighted by Gasteiger charge is 2.10. The maximum Gasteiger partial charge on any atom is 0.191 e. The molecule has 1 aromatic heterocycles. The van der Waals surface area contributed by atoms with E-state index in [2.05, 4.69) is 20.6 Å². The van der Waals surface area contributed by atoms with E-state index in [0.29, 0.717) is 31.0 Å². The summed E-state index contributed by atoms with van der Waals surface area (Å²) in [6, 6.07) is 6.79. The molecular weight excluding hydrogens is 446 g/mol. The molecule has 7 heteroatoms. The first kappa shape index (κ1) is 22.1. The highest BCUT2D eigenvalue weighted by molar-refractivity contribution is 14.0. The second-order valence-electron chi connectivity index (χ2n) is 5.74. The molecule has 0 aliphatic carbocycles. The summed E-state index contributed by atoms with van der Waals surface area (Å²) in [7, 11) is 3.37. The number of hydrogen-bond acceptors (Lipinski definition) is 3. The predicted molar refractivity (Wildman–Crippen MR) is 114 cm³/mol. The minimum absolute atomic E-state index is 0. The number of methoxy groups -OCH3 is 1. The molecule has 0 amide bonds. The quantitative estimate of drug-likeness (QED) is 0.385. The molecular formula is C19H26FIN4O. The monoisotopic (exact) mass is 472 g/mol. The molecule has 5 nitrogen and oxygen atoms in total. The molecule has 0 unspecified atom stereocenters. The molecule has 0 fully saturated rings. The molecule has 0 saturated carbocycles. The van der Waals surface area contributed by atoms with Gasteiger partial charge in [0, 0.05) is 30.9 Å². The van der Waals surface area contributed by atoms with E-state index in [1.807, 2.05) is 19.9 Å². The Kier molecular flexibility index (Phi) is 9.32. The van der Waals surface area contributed by atoms with Gasteiger partial charge in [-0.25, -0.2) is 4.39 Å². The summed E-state index contributed by atoms with van der Waals surface area (Å²) < 4.78 is 19.0. The summed E-state index contributed by atoms with van der Waals surface area (Å²) in [6.45, 7) is 5.08. The molecule has 1 heterocycles. The zero-order valence-corrected chi connectivity index (χ0v) is 17.9. The minimum atomic E-state index is -0.182. The summed E-state index contributed by atoms with van der Waals surface area (Å²) in [5.41, 5.74) is 3.61. The maximum atomic E-state index is 13.6. The van der Waals surface area contributed by atoms with Gasteiger partial charge in [0.05, 0.1) is 19.3 Å². The third-order valence-corrected chi connectivity index (χ3v) is 4.04. The standard InChI is InChI=1S/C19H25FN4O.HI/c1-13-11-23-17(14(2)18(13)25-4)12-24-19(21-3)22-10-9-15-7-5-6-8-16(15)20;/h5-8,11H,9-10,12H2,1-4H3,(H2,21,22,24);1H. The van der Waals surface area contributed by atoms with Crippen molar-refractivity contribution in [3.8, 4) is 5.75 Å². The molecule has 0 atom stereocenters. The summed E-state index contributed by atoms with van der Waals surface area (Å²) in [5, 5.41) is 6.41. The van der Waals surface area contributed by atoms with Crippen LogP contribution in [-0.2, 0) is 13.0 Å². The van der Waals surface area contributed by atoms with Gasteiger partial charge in [-0.15, -0.1) is 24.0 Å². The summed E-state index contributed by atoms with van der Waals surface area (Å²) >= 11 is 0. The number of aryl methyl sites for hydroxylation is 1. The highest BCUT2D eigenvalue weighted by atomic mass is 127. The Morgan fingerprint density at radius 3 is 2.62 bits per heavy atom. The Morgan fingerprint density at radius 2 is 1.96 bits per heavy atom. The molecule has 0 bridgehead atoms. The predicted octanol–water partition coefficient (Wildman–Crippen LogP) is 3.37. The number of halogens is 2. The lowest BCUT2D eigenvalue weighted by molar-refractivity contribution is 0.406. The van der Waals surface area contributed by atoms with Crippen LogP contribution in [0.5, 0.6) is 5.75 Å². The van der Waals surface area contributed by atoms with Gasteiger partial charge in [-0.2, -0.15) is 0 Å². The first-order chi connectivity index (χ1) is 12.1. The number of guanidine groups is 1. The minimum Gasteiger partial charge on any atom is -0.496 e. The van der Waals surface area contributed by atoms with Crippen molar-refractivity contribution in [1.29, 1.82) is 0 Å². The van der Waals surface area contributed by atoms with Gasteiger partial charge in [0.25, 0.3) is 0 Å². The smallest absolute Gasteiger partial charge is 0.191 e. The van der Waals surface area contributed by atoms with Crippen LogP contribution in [0.25, 0.3) is 0 Å². The fourth-order valence-electron chi connectivity index (χ4n) is 2.65. The number of aromatic nitrogens is 1. The SMILES string of the molecule is CN=C(NCCc1ccccc1F)NCc1ncc(C)c(OC)c1C.I. The normalized spacial score (nSPS) is 10.9. The number of nitrogens with one attached hydrogen (secondary N) is 2. The number of ether oxygens (including phenoxy) is 1. The second-order valence-corrected chi connectivity index (χ2v) is 5.74. The van der Waals surface area contributed by atoms with Crippen LogP contribution in [0.1, 0.15) is 22.4 Å². The van der Waals surface area contributed by atoms with E-state index in [1.165, 1.54) is 6.07 Å². The number of rotatable bonds is 6. The van der Waals surface area contributed by atoms with E-state index in [9.17, 15) is 4.39 Å². The molecule has 142 valence electrons. The van der Waals surface area contributed by atoms with Crippen LogP contribution >= 0.6 is 24.0 Å². The van der Waals surface area contributed by atoms with Crippen molar-refractivity contribution in [2.24, 2.45) is 4.99 Å². The van der Waals surface area contributed by atoms with Gasteiger partial charge in [0.2, 0.25) is 0 Å². The first-order valence-corrected chi connectivity index (χ1v) is 8.23. The van der Waals surface area contributed by atoms with Gasteiger partial charge in [-0.05, 0) is 31.9 Å². The van der Waals surface area contributed by atoms with E-state index in [4.69, 9.17) is 4.74 Å². The van der Waals surface area contributed by atoms with E-state index < -0.39 is 0 Å². The number of nitrogens with zero attached hydrogens (tertiary/aromatic N) is 2. The average molecular weight is 472 g/mol. The lowest BCUT2D eigenvalue weighted by atomic mass is 10.1. The molecule has 2 N–H and O–H groups in total. The van der Waals surface area contributed by atoms with Crippen molar-refractivity contribution in [3.63, 3.8) is 0 Å². The Hall–Kier alpha value is -1.90. The van der Waals surface area contributed by atoms with Gasteiger partial charge in [-0.3, -0.25) is 9.98 Å². The van der Waals surface area contributed by atoms with Crippen molar-refractivity contribution < 1.29 is 9.13 Å². The van der Waals surface area contributed by atoms with Gasteiger partial charge in [0.1, 0.15) is 11.6 Å². The highest BCUT2D eigenvalue weighted by Crippen LogP contribution is 2.23. The summed E-state index contributed by atoms with van der Waals surface area (Å²) in [6.07, 6.45) is 2.39. The van der Waals surface area contributed by atoms with Crippen molar-refractivity contribution in [1.82, 2.24) is 15.6 Å². The second kappa shape index (κ2) is 10.9. The van der Waals surface area contributed by atoms with Gasteiger partial charge in [0.15, 0.2) is 5.96 Å². The molecule has 0 saturated heterocycles. The Balaban J connectivity index is 0.00000338. The van der Waals surface area contributed by atoms with Gasteiger partial charge < -0.3 is 15.4 Å². The van der Waals surface area contributed by atoms with E-state index in [1.54, 1.807) is 32.5 Å². The van der Waals surface area contributed by atoms with Crippen LogP contribution in [0.15, 0.2) is 35.5 Å². The lowest BCUT2D eigenvalue weighted by Crippen LogP contribution is -2.38. The fraction of sp³-hybridized carbons (Fsp3) is 0.368. The molecule has 0 spiro atoms. The molecule has 1 aromatic carbocycles. The van der Waals surface area contributed by atoms with Gasteiger partial charge >= 0.3 is 0 Å². The van der Waals surface area contributed by atoms with E-state index in [0.717, 1.165) is 22.6 Å². The molecule has 2 aromatic rings. The Morgan fingerprint density at radius 1 is 1.23 bits per heavy atom. The molecule has 2 rings (SSSR count). The zero-order chi connectivity index (χ0) is 18.2. The Bertz CT molecular complexity index is 752. The van der Waals surface area contributed by atoms with Crippen molar-refractivity contribution >= 4 is 29.9 Å². The largest absolute Gasteiger partial charge is 0.496 e. The van der Waals surface area contributed by atoms with Crippen LogP contribution in [0, 0.1) is 19.7 Å². The van der Waals surface area contributed by atoms with Crippen LogP contribution < -0.4 is 15.4 Å². The van der Waals surface area contributed by atoms with Crippen LogP contribution in [-0.4, -0.2) is 31.6 Å². The summed E-state index contributed by atoms with van der Waals surface area (Å²) in [5.74, 6) is 1.32. The molecule has 0 aliphatic heterocycles. The lowest BCUT2D eigenvalue weighted by Gasteiger charge is -2.15. The van der Waals surface area contributed by atoms with E-state index in [-0.39, 0.29) is 29.8 Å². The van der Waals surface area contributed by atoms with Crippen LogP contribution in [0.2, 0.25) is 0 Å². The topological polar surface area (TPSA) is 58.5 Å². The fourth-order valence-corrected chi connectivity index (χ4v) is 2.65. The van der Waals surface area contributed by atoms with Crippen molar-refractivity contribution in [3.05, 3.63) is 58.7 Å². The maximum absolute atomic E-state index is 13.6. The number of benzene rings is 1. The third kappa shape index (κ3) is 5.82. The van der Waals surface area contributed by atoms with Crippen LogP contribution in [0.3, 0.4) is 0 Å². The van der Waals surface area contributed by atoms with Crippen LogP contribution in [0.4, 0.5) is 4.39 Å². The van der Waals surface area contributed by atoms with Gasteiger partial charge in [-0.1, -0.05) is 18.2 Å². The van der Waals surface area contributed by atoms with Crippen molar-refractivity contribution in [2.75, 3.05) is 20.7 Å². The van der Waals surface area contributed by atoms with Crippen molar-refractivity contribution in [2.45, 2.75) is 26.8 Å². The average Bonchev–Trinajstić information content (AvgIpc) is 2.61. The number of pyridine rings is 1. The third-order valence-electron chi connectivity index (χ3n) is 4.04. The molecule has 26 heavy (non-hydrogen) atoms. The first-order valence-electron chi connectivity index (χ1n) is 8.23. The zero-order valence-electron chi connectivity index (χ0n) is 15.6. The Labute approximate surface area is 171 Å². The number of hydrogen-bond donors (Lipinski definition) is 2. The molecule has 0 radical (unpaired) electrons. The number of aliphatic imine (C=N–C) groups is 1. The summed E-state index contributed by atoms with van der Waals surface area (Å²) in [4.78, 5) is 8.65. The van der Waals surface area contributed by atoms with E-state index >= 15 is 0 Å². The molecule has 0 aliphatic rings.